The molecule has 2 unspecified atom stereocenters. The van der Waals surface area contributed by atoms with Crippen LogP contribution in [0, 0.1) is 5.82 Å². The second-order valence-corrected chi connectivity index (χ2v) is 10.8. The molecule has 0 amide bonds. The van der Waals surface area contributed by atoms with Crippen molar-refractivity contribution < 1.29 is 4.39 Å². The van der Waals surface area contributed by atoms with Crippen molar-refractivity contribution in [2.75, 3.05) is 47.3 Å². The SMILES string of the molecule is C/N=C(\c1cc(Cl)c(-c2cccc3ccccc23)c(F)c1/N=C/NCCCN(C)C)N1CC2CCC(C1)N2. The van der Waals surface area contributed by atoms with Crippen LogP contribution in [0.4, 0.5) is 10.1 Å². The van der Waals surface area contributed by atoms with Crippen LogP contribution >= 0.6 is 11.6 Å². The summed E-state index contributed by atoms with van der Waals surface area (Å²) >= 11 is 6.89. The number of amidine groups is 1. The van der Waals surface area contributed by atoms with E-state index in [9.17, 15) is 0 Å². The van der Waals surface area contributed by atoms with Crippen molar-refractivity contribution in [3.63, 3.8) is 0 Å². The summed E-state index contributed by atoms with van der Waals surface area (Å²) in [5, 5.41) is 9.22. The molecule has 2 aliphatic heterocycles. The average molecular weight is 535 g/mol. The highest BCUT2D eigenvalue weighted by Crippen LogP contribution is 2.41. The summed E-state index contributed by atoms with van der Waals surface area (Å²) in [6.45, 7) is 3.38. The molecule has 0 spiro atoms. The van der Waals surface area contributed by atoms with Crippen molar-refractivity contribution >= 4 is 40.2 Å². The molecule has 2 saturated heterocycles. The zero-order chi connectivity index (χ0) is 26.6. The molecule has 0 aromatic heterocycles. The van der Waals surface area contributed by atoms with Crippen LogP contribution in [-0.2, 0) is 0 Å². The minimum Gasteiger partial charge on any atom is -0.376 e. The number of likely N-dealkylation sites (tertiary alicyclic amines) is 1. The number of fused-ring (bicyclic) bond motifs is 3. The number of rotatable bonds is 8. The molecular formula is C30H36ClFN6. The van der Waals surface area contributed by atoms with Gasteiger partial charge in [0.1, 0.15) is 11.5 Å². The van der Waals surface area contributed by atoms with E-state index < -0.39 is 5.82 Å². The summed E-state index contributed by atoms with van der Waals surface area (Å²) in [5.74, 6) is 0.294. The lowest BCUT2D eigenvalue weighted by Gasteiger charge is -2.35. The zero-order valence-electron chi connectivity index (χ0n) is 22.3. The van der Waals surface area contributed by atoms with Gasteiger partial charge in [0.05, 0.1) is 11.4 Å². The molecule has 6 nitrogen and oxygen atoms in total. The lowest BCUT2D eigenvalue weighted by Crippen LogP contribution is -2.53. The molecule has 2 heterocycles. The summed E-state index contributed by atoms with van der Waals surface area (Å²) in [6, 6.07) is 16.5. The Balaban J connectivity index is 1.57. The first-order chi connectivity index (χ1) is 18.5. The van der Waals surface area contributed by atoms with Gasteiger partial charge in [0.2, 0.25) is 0 Å². The Morgan fingerprint density at radius 3 is 2.63 bits per heavy atom. The van der Waals surface area contributed by atoms with Gasteiger partial charge in [-0.2, -0.15) is 0 Å². The molecule has 200 valence electrons. The summed E-state index contributed by atoms with van der Waals surface area (Å²) < 4.78 is 16.6. The maximum absolute atomic E-state index is 16.6. The third kappa shape index (κ3) is 5.55. The van der Waals surface area contributed by atoms with Crippen molar-refractivity contribution in [2.45, 2.75) is 31.3 Å². The van der Waals surface area contributed by atoms with E-state index in [1.165, 1.54) is 0 Å². The molecule has 3 aromatic carbocycles. The standard InChI is InChI=1S/C30H36ClFN6/c1-33-30(38-17-21-12-13-22(18-38)36-21)25-16-26(31)27(24-11-6-9-20-8-4-5-10-23(20)24)28(32)29(25)35-19-34-14-7-15-37(2)3/h4-6,8-11,16,19,21-22,36H,7,12-15,17-18H2,1-3H3,(H,34,35)/b33-30+. The fourth-order valence-electron chi connectivity index (χ4n) is 5.67. The van der Waals surface area contributed by atoms with E-state index in [4.69, 9.17) is 11.6 Å². The highest BCUT2D eigenvalue weighted by atomic mass is 35.5. The van der Waals surface area contributed by atoms with Crippen LogP contribution in [0.15, 0.2) is 58.5 Å². The maximum atomic E-state index is 16.6. The zero-order valence-corrected chi connectivity index (χ0v) is 23.1. The van der Waals surface area contributed by atoms with Gasteiger partial charge in [-0.1, -0.05) is 54.1 Å². The Morgan fingerprint density at radius 1 is 1.16 bits per heavy atom. The maximum Gasteiger partial charge on any atom is 0.158 e. The Labute approximate surface area is 229 Å². The topological polar surface area (TPSA) is 55.3 Å². The third-order valence-electron chi connectivity index (χ3n) is 7.43. The van der Waals surface area contributed by atoms with E-state index >= 15 is 4.39 Å². The van der Waals surface area contributed by atoms with Crippen molar-refractivity contribution in [3.8, 4) is 11.1 Å². The molecule has 0 radical (unpaired) electrons. The van der Waals surface area contributed by atoms with Crippen LogP contribution in [-0.4, -0.2) is 81.4 Å². The first-order valence-electron chi connectivity index (χ1n) is 13.3. The molecule has 5 rings (SSSR count). The summed E-state index contributed by atoms with van der Waals surface area (Å²) in [4.78, 5) is 13.7. The molecule has 2 N–H and O–H groups in total. The van der Waals surface area contributed by atoms with Gasteiger partial charge in [-0.25, -0.2) is 9.38 Å². The molecular weight excluding hydrogens is 499 g/mol. The van der Waals surface area contributed by atoms with Gasteiger partial charge in [0, 0.05) is 49.9 Å². The van der Waals surface area contributed by atoms with E-state index in [1.807, 2.05) is 62.6 Å². The van der Waals surface area contributed by atoms with Gasteiger partial charge in [0.15, 0.2) is 5.82 Å². The number of halogens is 2. The minimum absolute atomic E-state index is 0.254. The highest BCUT2D eigenvalue weighted by molar-refractivity contribution is 6.34. The fraction of sp³-hybridized carbons (Fsp3) is 0.400. The predicted octanol–water partition coefficient (Wildman–Crippen LogP) is 5.31. The number of nitrogens with one attached hydrogen (secondary N) is 2. The van der Waals surface area contributed by atoms with Gasteiger partial charge >= 0.3 is 0 Å². The number of piperazine rings is 1. The van der Waals surface area contributed by atoms with Crippen LogP contribution in [0.3, 0.4) is 0 Å². The second kappa shape index (κ2) is 11.8. The molecule has 3 aromatic rings. The largest absolute Gasteiger partial charge is 0.376 e. The smallest absolute Gasteiger partial charge is 0.158 e. The van der Waals surface area contributed by atoms with E-state index in [0.29, 0.717) is 28.2 Å². The van der Waals surface area contributed by atoms with Crippen molar-refractivity contribution in [2.24, 2.45) is 9.98 Å². The van der Waals surface area contributed by atoms with Gasteiger partial charge in [-0.3, -0.25) is 4.99 Å². The Bertz CT molecular complexity index is 1340. The van der Waals surface area contributed by atoms with Gasteiger partial charge < -0.3 is 20.4 Å². The first kappa shape index (κ1) is 26.6. The molecule has 2 fully saturated rings. The number of hydrogen-bond acceptors (Lipinski definition) is 4. The second-order valence-electron chi connectivity index (χ2n) is 10.4. The third-order valence-corrected chi connectivity index (χ3v) is 7.73. The quantitative estimate of drug-likeness (QED) is 0.233. The number of benzene rings is 3. The summed E-state index contributed by atoms with van der Waals surface area (Å²) in [5.41, 5.74) is 1.99. The predicted molar refractivity (Wildman–Crippen MR) is 158 cm³/mol. The average Bonchev–Trinajstić information content (AvgIpc) is 3.25. The summed E-state index contributed by atoms with van der Waals surface area (Å²) in [6.07, 6.45) is 4.86. The van der Waals surface area contributed by atoms with Crippen LogP contribution < -0.4 is 10.6 Å². The minimum atomic E-state index is -0.436. The van der Waals surface area contributed by atoms with Crippen LogP contribution in [0.25, 0.3) is 21.9 Å². The van der Waals surface area contributed by atoms with Crippen molar-refractivity contribution in [3.05, 3.63) is 64.9 Å². The molecule has 2 atom stereocenters. The van der Waals surface area contributed by atoms with Crippen LogP contribution in [0.1, 0.15) is 24.8 Å². The van der Waals surface area contributed by atoms with Crippen molar-refractivity contribution in [1.82, 2.24) is 20.4 Å². The Morgan fingerprint density at radius 2 is 1.89 bits per heavy atom. The van der Waals surface area contributed by atoms with Crippen molar-refractivity contribution in [1.29, 1.82) is 0 Å². The van der Waals surface area contributed by atoms with Gasteiger partial charge in [-0.05, 0) is 62.3 Å². The molecule has 2 bridgehead atoms. The summed E-state index contributed by atoms with van der Waals surface area (Å²) in [7, 11) is 5.86. The van der Waals surface area contributed by atoms with Gasteiger partial charge in [-0.15, -0.1) is 0 Å². The Hall–Kier alpha value is -3.00. The molecule has 2 aliphatic rings. The van der Waals surface area contributed by atoms with E-state index in [-0.39, 0.29) is 5.69 Å². The van der Waals surface area contributed by atoms with Crippen LogP contribution in [0.2, 0.25) is 5.02 Å². The number of aliphatic imine (C=N–C) groups is 2. The van der Waals surface area contributed by atoms with Crippen LogP contribution in [0.5, 0.6) is 0 Å². The molecule has 38 heavy (non-hydrogen) atoms. The normalized spacial score (nSPS) is 19.7. The van der Waals surface area contributed by atoms with E-state index in [0.717, 1.165) is 67.6 Å². The number of hydrogen-bond donors (Lipinski definition) is 2. The molecule has 0 saturated carbocycles. The lowest BCUT2D eigenvalue weighted by molar-refractivity contribution is 0.289. The monoisotopic (exact) mass is 534 g/mol. The van der Waals surface area contributed by atoms with E-state index in [2.05, 4.69) is 30.4 Å². The Kier molecular flexibility index (Phi) is 8.27. The molecule has 0 aliphatic carbocycles. The van der Waals surface area contributed by atoms with E-state index in [1.54, 1.807) is 13.4 Å². The highest BCUT2D eigenvalue weighted by Gasteiger charge is 2.35. The first-order valence-corrected chi connectivity index (χ1v) is 13.7. The number of nitrogens with zero attached hydrogens (tertiary/aromatic N) is 4. The lowest BCUT2D eigenvalue weighted by atomic mass is 9.95. The fourth-order valence-corrected chi connectivity index (χ4v) is 5.96. The molecule has 8 heteroatoms. The van der Waals surface area contributed by atoms with Gasteiger partial charge in [0.25, 0.3) is 0 Å².